The first kappa shape index (κ1) is 25.7. The molecule has 2 aliphatic rings. The zero-order valence-corrected chi connectivity index (χ0v) is 22.7. The molecule has 4 aromatic rings. The number of carbonyl (C=O) groups excluding carboxylic acids is 1. The van der Waals surface area contributed by atoms with E-state index in [1.807, 2.05) is 89.1 Å². The first-order valence-corrected chi connectivity index (χ1v) is 14.6. The molecular weight excluding hydrogens is 505 g/mol. The maximum atomic E-state index is 14.4. The summed E-state index contributed by atoms with van der Waals surface area (Å²) in [6.45, 7) is 3.58. The predicted molar refractivity (Wildman–Crippen MR) is 156 cm³/mol. The highest BCUT2D eigenvalue weighted by Gasteiger charge is 2.51. The van der Waals surface area contributed by atoms with E-state index in [4.69, 9.17) is 4.99 Å². The summed E-state index contributed by atoms with van der Waals surface area (Å²) >= 11 is 1.62. The minimum Gasteiger partial charge on any atom is -0.303 e. The summed E-state index contributed by atoms with van der Waals surface area (Å²) in [5.74, 6) is 1.08. The Morgan fingerprint density at radius 3 is 2.05 bits per heavy atom. The van der Waals surface area contributed by atoms with E-state index in [2.05, 4.69) is 11.0 Å². The molecule has 0 unspecified atom stereocenters. The van der Waals surface area contributed by atoms with Crippen LogP contribution in [0.15, 0.2) is 107 Å². The fourth-order valence-electron chi connectivity index (χ4n) is 5.94. The lowest BCUT2D eigenvalue weighted by Crippen LogP contribution is -2.43. The van der Waals surface area contributed by atoms with Crippen LogP contribution in [0.4, 0.5) is 4.39 Å². The number of halogens is 1. The van der Waals surface area contributed by atoms with Gasteiger partial charge in [-0.15, -0.1) is 11.3 Å². The van der Waals surface area contributed by atoms with Gasteiger partial charge in [-0.2, -0.15) is 0 Å². The molecule has 198 valence electrons. The second kappa shape index (κ2) is 11.2. The molecule has 1 aromatic heterocycles. The number of amides is 1. The number of carbonyl (C=O) groups is 1. The highest BCUT2D eigenvalue weighted by molar-refractivity contribution is 7.12. The number of likely N-dealkylation sites (tertiary alicyclic amines) is 1. The lowest BCUT2D eigenvalue weighted by atomic mass is 9.83. The summed E-state index contributed by atoms with van der Waals surface area (Å²) in [5.41, 5.74) is 1.92. The monoisotopic (exact) mass is 537 g/mol. The second-order valence-electron chi connectivity index (χ2n) is 10.3. The lowest BCUT2D eigenvalue weighted by molar-refractivity contribution is -0.130. The largest absolute Gasteiger partial charge is 0.303 e. The Morgan fingerprint density at radius 2 is 1.46 bits per heavy atom. The van der Waals surface area contributed by atoms with Crippen LogP contribution in [-0.2, 0) is 10.3 Å². The van der Waals surface area contributed by atoms with E-state index in [1.54, 1.807) is 23.5 Å². The summed E-state index contributed by atoms with van der Waals surface area (Å²) in [4.78, 5) is 25.1. The van der Waals surface area contributed by atoms with Gasteiger partial charge in [0.1, 0.15) is 11.7 Å². The van der Waals surface area contributed by atoms with Gasteiger partial charge in [0, 0.05) is 6.54 Å². The molecule has 6 rings (SSSR count). The quantitative estimate of drug-likeness (QED) is 0.251. The van der Waals surface area contributed by atoms with Crippen molar-refractivity contribution in [2.24, 2.45) is 4.99 Å². The Balaban J connectivity index is 1.20. The predicted octanol–water partition coefficient (Wildman–Crippen LogP) is 6.69. The summed E-state index contributed by atoms with van der Waals surface area (Å²) in [5, 5.41) is 2.04. The Hall–Kier alpha value is -3.61. The van der Waals surface area contributed by atoms with Crippen LogP contribution in [0.2, 0.25) is 0 Å². The molecule has 3 heterocycles. The number of rotatable bonds is 8. The van der Waals surface area contributed by atoms with E-state index < -0.39 is 5.54 Å². The fraction of sp³-hybridized carbons (Fsp3) is 0.273. The third-order valence-corrected chi connectivity index (χ3v) is 8.86. The molecule has 6 heteroatoms. The van der Waals surface area contributed by atoms with Crippen LogP contribution in [0, 0.1) is 5.82 Å². The van der Waals surface area contributed by atoms with Gasteiger partial charge in [0.2, 0.25) is 0 Å². The van der Waals surface area contributed by atoms with Gasteiger partial charge >= 0.3 is 0 Å². The van der Waals surface area contributed by atoms with Crippen LogP contribution in [0.1, 0.15) is 46.7 Å². The van der Waals surface area contributed by atoms with E-state index in [9.17, 15) is 9.18 Å². The average molecular weight is 538 g/mol. The number of benzene rings is 3. The van der Waals surface area contributed by atoms with Crippen molar-refractivity contribution in [2.45, 2.75) is 30.7 Å². The SMILES string of the molecule is O=C1N(CCCN2CCC(c3ccc(F)cc3)CC2)C(c2cccs2)=NC1(c1ccccc1)c1ccccc1. The van der Waals surface area contributed by atoms with Crippen molar-refractivity contribution in [1.82, 2.24) is 9.80 Å². The van der Waals surface area contributed by atoms with Gasteiger partial charge in [0.15, 0.2) is 5.54 Å². The van der Waals surface area contributed by atoms with Gasteiger partial charge in [0.25, 0.3) is 5.91 Å². The van der Waals surface area contributed by atoms with Crippen molar-refractivity contribution < 1.29 is 9.18 Å². The Kier molecular flexibility index (Phi) is 7.40. The van der Waals surface area contributed by atoms with Crippen LogP contribution in [0.25, 0.3) is 0 Å². The molecule has 3 aromatic carbocycles. The number of hydrogen-bond acceptors (Lipinski definition) is 4. The zero-order valence-electron chi connectivity index (χ0n) is 21.9. The molecule has 0 saturated carbocycles. The number of nitrogens with zero attached hydrogens (tertiary/aromatic N) is 3. The summed E-state index contributed by atoms with van der Waals surface area (Å²) in [6.07, 6.45) is 3.01. The van der Waals surface area contributed by atoms with Gasteiger partial charge in [-0.1, -0.05) is 78.9 Å². The number of amidine groups is 1. The smallest absolute Gasteiger partial charge is 0.265 e. The van der Waals surface area contributed by atoms with Crippen molar-refractivity contribution in [3.8, 4) is 0 Å². The third-order valence-electron chi connectivity index (χ3n) is 7.99. The van der Waals surface area contributed by atoms with Gasteiger partial charge in [-0.05, 0) is 85.1 Å². The number of hydrogen-bond donors (Lipinski definition) is 0. The van der Waals surface area contributed by atoms with Crippen LogP contribution < -0.4 is 0 Å². The third kappa shape index (κ3) is 5.07. The highest BCUT2D eigenvalue weighted by atomic mass is 32.1. The lowest BCUT2D eigenvalue weighted by Gasteiger charge is -2.33. The minimum absolute atomic E-state index is 0.0123. The summed E-state index contributed by atoms with van der Waals surface area (Å²) < 4.78 is 13.3. The second-order valence-corrected chi connectivity index (χ2v) is 11.3. The fourth-order valence-corrected chi connectivity index (χ4v) is 6.66. The van der Waals surface area contributed by atoms with E-state index in [-0.39, 0.29) is 11.7 Å². The van der Waals surface area contributed by atoms with Gasteiger partial charge < -0.3 is 4.90 Å². The molecule has 0 atom stereocenters. The molecule has 0 bridgehead atoms. The topological polar surface area (TPSA) is 35.9 Å². The van der Waals surface area contributed by atoms with Crippen molar-refractivity contribution in [1.29, 1.82) is 0 Å². The number of aliphatic imine (C=N–C) groups is 1. The summed E-state index contributed by atoms with van der Waals surface area (Å²) in [7, 11) is 0. The van der Waals surface area contributed by atoms with E-state index in [0.717, 1.165) is 60.7 Å². The van der Waals surface area contributed by atoms with Crippen molar-refractivity contribution in [2.75, 3.05) is 26.2 Å². The van der Waals surface area contributed by atoms with E-state index in [0.29, 0.717) is 12.5 Å². The first-order valence-electron chi connectivity index (χ1n) is 13.7. The zero-order chi connectivity index (χ0) is 26.7. The molecule has 2 aliphatic heterocycles. The van der Waals surface area contributed by atoms with Gasteiger partial charge in [-0.3, -0.25) is 9.69 Å². The molecule has 0 spiro atoms. The molecule has 0 aliphatic carbocycles. The van der Waals surface area contributed by atoms with Crippen LogP contribution in [0.5, 0.6) is 0 Å². The molecular formula is C33H32FN3OS. The molecule has 4 nitrogen and oxygen atoms in total. The highest BCUT2D eigenvalue weighted by Crippen LogP contribution is 2.41. The Morgan fingerprint density at radius 1 is 0.821 bits per heavy atom. The molecule has 1 saturated heterocycles. The normalized spacial score (nSPS) is 17.9. The Bertz CT molecular complexity index is 1370. The van der Waals surface area contributed by atoms with E-state index in [1.165, 1.54) is 5.56 Å². The number of piperidine rings is 1. The maximum absolute atomic E-state index is 14.4. The van der Waals surface area contributed by atoms with Gasteiger partial charge in [0.05, 0.1) is 4.88 Å². The van der Waals surface area contributed by atoms with E-state index >= 15 is 0 Å². The first-order chi connectivity index (χ1) is 19.1. The molecule has 39 heavy (non-hydrogen) atoms. The molecule has 0 N–H and O–H groups in total. The van der Waals surface area contributed by atoms with Crippen LogP contribution in [-0.4, -0.2) is 47.7 Å². The molecule has 0 radical (unpaired) electrons. The molecule has 1 fully saturated rings. The van der Waals surface area contributed by atoms with Crippen molar-refractivity contribution in [3.63, 3.8) is 0 Å². The number of thiophene rings is 1. The minimum atomic E-state index is -1.09. The summed E-state index contributed by atoms with van der Waals surface area (Å²) in [6, 6.07) is 30.9. The standard InChI is InChI=1S/C33H32FN3OS/c34-29-16-14-25(15-17-29)26-18-22-36(23-19-26)20-8-21-37-31(30-13-7-24-39-30)35-33(32(37)38,27-9-3-1-4-10-27)28-11-5-2-6-12-28/h1-7,9-17,24,26H,8,18-23H2. The van der Waals surface area contributed by atoms with Crippen molar-refractivity contribution in [3.05, 3.63) is 130 Å². The van der Waals surface area contributed by atoms with Gasteiger partial charge in [-0.25, -0.2) is 9.38 Å². The van der Waals surface area contributed by atoms with Crippen molar-refractivity contribution >= 4 is 23.1 Å². The Labute approximate surface area is 233 Å². The maximum Gasteiger partial charge on any atom is 0.265 e. The molecule has 1 amide bonds. The average Bonchev–Trinajstić information content (AvgIpc) is 3.62. The van der Waals surface area contributed by atoms with Crippen LogP contribution >= 0.6 is 11.3 Å². The van der Waals surface area contributed by atoms with Crippen LogP contribution in [0.3, 0.4) is 0 Å².